The number of fused-ring (bicyclic) bond motifs is 2. The average molecular weight is 728 g/mol. The molecule has 1 aliphatic rings. The number of rotatable bonds is 8. The number of aromatic carboxylic acids is 1. The highest BCUT2D eigenvalue weighted by molar-refractivity contribution is 7.22. The number of anilines is 3. The molecule has 3 N–H and O–H groups in total. The van der Waals surface area contributed by atoms with Crippen molar-refractivity contribution in [3.63, 3.8) is 0 Å². The Balaban J connectivity index is 1.08. The van der Waals surface area contributed by atoms with E-state index in [2.05, 4.69) is 20.6 Å². The van der Waals surface area contributed by atoms with Crippen LogP contribution in [0.1, 0.15) is 48.8 Å². The molecule has 7 rings (SSSR count). The Morgan fingerprint density at radius 3 is 2.51 bits per heavy atom. The van der Waals surface area contributed by atoms with Gasteiger partial charge < -0.3 is 14.6 Å². The zero-order valence-corrected chi connectivity index (χ0v) is 30.2. The second-order valence-electron chi connectivity index (χ2n) is 13.6. The van der Waals surface area contributed by atoms with E-state index in [0.29, 0.717) is 45.5 Å². The van der Waals surface area contributed by atoms with Crippen molar-refractivity contribution in [3.05, 3.63) is 120 Å². The van der Waals surface area contributed by atoms with Crippen LogP contribution >= 0.6 is 11.3 Å². The van der Waals surface area contributed by atoms with Crippen molar-refractivity contribution in [1.29, 1.82) is 0 Å². The summed E-state index contributed by atoms with van der Waals surface area (Å²) in [6, 6.07) is 31.2. The number of aryl methyl sites for hydroxylation is 1. The van der Waals surface area contributed by atoms with Gasteiger partial charge in [0, 0.05) is 35.1 Å². The number of aromatic nitrogens is 2. The minimum Gasteiger partial charge on any atom is -0.489 e. The van der Waals surface area contributed by atoms with Crippen LogP contribution in [-0.4, -0.2) is 45.3 Å². The standard InChI is InChI=1S/C41H37N5O6S/c1-41(2,3)52-40(50)42-29-12-7-13-30(23-29)51-24-25-9-6-10-27(21-25)31-18-19-32(43-36(31)37(47)48)28-17-16-26-11-8-20-46(34(26)22-28)39(49)45-38-44-33-14-4-5-15-35(33)53-38/h4-7,9-10,12-19,21-23H,8,11,20,24H2,1-3H3,(H,42,50)(H,47,48)(H,44,45,49). The highest BCUT2D eigenvalue weighted by Gasteiger charge is 2.25. The smallest absolute Gasteiger partial charge is 0.412 e. The molecule has 6 aromatic rings. The average Bonchev–Trinajstić information content (AvgIpc) is 3.55. The van der Waals surface area contributed by atoms with E-state index in [-0.39, 0.29) is 18.3 Å². The summed E-state index contributed by atoms with van der Waals surface area (Å²) in [6.45, 7) is 6.12. The van der Waals surface area contributed by atoms with Crippen LogP contribution < -0.4 is 20.3 Å². The number of carbonyl (C=O) groups is 3. The number of nitrogens with zero attached hydrogens (tertiary/aromatic N) is 3. The first-order valence-corrected chi connectivity index (χ1v) is 17.9. The topological polar surface area (TPSA) is 143 Å². The SMILES string of the molecule is CC(C)(C)OC(=O)Nc1cccc(OCc2cccc(-c3ccc(-c4ccc5c(c4)N(C(=O)Nc4nc6ccccc6s4)CCC5)nc3C(=O)O)c2)c1. The van der Waals surface area contributed by atoms with Gasteiger partial charge in [0.1, 0.15) is 18.0 Å². The third kappa shape index (κ3) is 8.29. The quantitative estimate of drug-likeness (QED) is 0.141. The van der Waals surface area contributed by atoms with Gasteiger partial charge in [-0.3, -0.25) is 15.5 Å². The molecule has 0 atom stereocenters. The van der Waals surface area contributed by atoms with Crippen LogP contribution in [0.2, 0.25) is 0 Å². The van der Waals surface area contributed by atoms with Gasteiger partial charge in [-0.1, -0.05) is 59.9 Å². The fourth-order valence-electron chi connectivity index (χ4n) is 6.13. The van der Waals surface area contributed by atoms with Gasteiger partial charge in [-0.2, -0.15) is 0 Å². The fourth-order valence-corrected chi connectivity index (χ4v) is 6.98. The normalized spacial score (nSPS) is 12.5. The van der Waals surface area contributed by atoms with Gasteiger partial charge in [-0.05, 0) is 98.8 Å². The summed E-state index contributed by atoms with van der Waals surface area (Å²) in [5.41, 5.74) is 5.55. The van der Waals surface area contributed by atoms with Crippen molar-refractivity contribution in [2.24, 2.45) is 0 Å². The first-order chi connectivity index (χ1) is 25.5. The molecule has 0 fully saturated rings. The molecule has 3 heterocycles. The number of urea groups is 1. The first kappa shape index (κ1) is 35.1. The summed E-state index contributed by atoms with van der Waals surface area (Å²) in [5, 5.41) is 16.5. The Morgan fingerprint density at radius 1 is 0.868 bits per heavy atom. The highest BCUT2D eigenvalue weighted by atomic mass is 32.1. The maximum absolute atomic E-state index is 13.5. The van der Waals surface area contributed by atoms with Crippen LogP contribution in [0.4, 0.5) is 26.1 Å². The molecule has 0 unspecified atom stereocenters. The molecule has 2 aromatic heterocycles. The van der Waals surface area contributed by atoms with Crippen molar-refractivity contribution in [2.75, 3.05) is 22.1 Å². The molecule has 11 nitrogen and oxygen atoms in total. The van der Waals surface area contributed by atoms with Crippen molar-refractivity contribution >= 4 is 56.2 Å². The number of carbonyl (C=O) groups excluding carboxylic acids is 2. The minimum atomic E-state index is -1.16. The molecule has 0 radical (unpaired) electrons. The van der Waals surface area contributed by atoms with Crippen molar-refractivity contribution in [3.8, 4) is 28.1 Å². The van der Waals surface area contributed by atoms with Crippen LogP contribution in [0.15, 0.2) is 103 Å². The fraction of sp³-hybridized carbons (Fsp3) is 0.195. The number of pyridine rings is 1. The molecule has 4 aromatic carbocycles. The van der Waals surface area contributed by atoms with Gasteiger partial charge in [0.05, 0.1) is 15.9 Å². The van der Waals surface area contributed by atoms with Gasteiger partial charge in [0.15, 0.2) is 10.8 Å². The molecule has 268 valence electrons. The summed E-state index contributed by atoms with van der Waals surface area (Å²) in [6.07, 6.45) is 1.08. The first-order valence-electron chi connectivity index (χ1n) is 17.1. The lowest BCUT2D eigenvalue weighted by Crippen LogP contribution is -2.38. The Hall–Kier alpha value is -6.27. The van der Waals surface area contributed by atoms with Crippen LogP contribution in [0.5, 0.6) is 5.75 Å². The Bertz CT molecular complexity index is 2320. The van der Waals surface area contributed by atoms with E-state index in [1.165, 1.54) is 11.3 Å². The van der Waals surface area contributed by atoms with E-state index in [4.69, 9.17) is 9.47 Å². The second kappa shape index (κ2) is 14.8. The molecule has 0 saturated heterocycles. The maximum Gasteiger partial charge on any atom is 0.412 e. The molecule has 0 bridgehead atoms. The van der Waals surface area contributed by atoms with E-state index in [1.807, 2.05) is 66.7 Å². The summed E-state index contributed by atoms with van der Waals surface area (Å²) in [7, 11) is 0. The van der Waals surface area contributed by atoms with Crippen molar-refractivity contribution in [2.45, 2.75) is 45.8 Å². The number of hydrogen-bond acceptors (Lipinski definition) is 8. The number of thiazole rings is 1. The Morgan fingerprint density at radius 2 is 1.70 bits per heavy atom. The Kier molecular flexibility index (Phi) is 9.79. The number of ether oxygens (including phenoxy) is 2. The molecule has 0 spiro atoms. The number of amides is 3. The predicted molar refractivity (Wildman–Crippen MR) is 207 cm³/mol. The van der Waals surface area contributed by atoms with E-state index in [1.54, 1.807) is 62.1 Å². The largest absolute Gasteiger partial charge is 0.489 e. The highest BCUT2D eigenvalue weighted by Crippen LogP contribution is 2.35. The third-order valence-corrected chi connectivity index (χ3v) is 9.43. The maximum atomic E-state index is 13.5. The second-order valence-corrected chi connectivity index (χ2v) is 14.6. The van der Waals surface area contributed by atoms with Gasteiger partial charge in [0.2, 0.25) is 0 Å². The lowest BCUT2D eigenvalue weighted by atomic mass is 9.97. The zero-order valence-electron chi connectivity index (χ0n) is 29.4. The molecule has 3 amide bonds. The van der Waals surface area contributed by atoms with Crippen molar-refractivity contribution < 1.29 is 29.0 Å². The van der Waals surface area contributed by atoms with E-state index in [9.17, 15) is 19.5 Å². The zero-order chi connectivity index (χ0) is 37.1. The molecule has 53 heavy (non-hydrogen) atoms. The minimum absolute atomic E-state index is 0.0929. The molecule has 1 aliphatic heterocycles. The number of carboxylic acid groups (broad SMARTS) is 1. The molecule has 0 saturated carbocycles. The lowest BCUT2D eigenvalue weighted by Gasteiger charge is -2.29. The van der Waals surface area contributed by atoms with E-state index >= 15 is 0 Å². The van der Waals surface area contributed by atoms with Crippen LogP contribution in [-0.2, 0) is 17.8 Å². The van der Waals surface area contributed by atoms with Crippen LogP contribution in [0.25, 0.3) is 32.6 Å². The van der Waals surface area contributed by atoms with E-state index in [0.717, 1.165) is 39.9 Å². The number of hydrogen-bond donors (Lipinski definition) is 3. The number of benzene rings is 4. The number of nitrogens with one attached hydrogen (secondary N) is 2. The Labute approximate surface area is 310 Å². The molecule has 12 heteroatoms. The van der Waals surface area contributed by atoms with Crippen LogP contribution in [0.3, 0.4) is 0 Å². The van der Waals surface area contributed by atoms with Crippen molar-refractivity contribution in [1.82, 2.24) is 9.97 Å². The number of para-hydroxylation sites is 1. The van der Waals surface area contributed by atoms with Gasteiger partial charge in [0.25, 0.3) is 0 Å². The van der Waals surface area contributed by atoms with Gasteiger partial charge in [-0.15, -0.1) is 0 Å². The van der Waals surface area contributed by atoms with Gasteiger partial charge >= 0.3 is 18.1 Å². The predicted octanol–water partition coefficient (Wildman–Crippen LogP) is 9.63. The summed E-state index contributed by atoms with van der Waals surface area (Å²) in [4.78, 5) is 49.2. The molecular weight excluding hydrogens is 691 g/mol. The third-order valence-electron chi connectivity index (χ3n) is 8.47. The molecule has 0 aliphatic carbocycles. The lowest BCUT2D eigenvalue weighted by molar-refractivity contribution is 0.0634. The van der Waals surface area contributed by atoms with E-state index < -0.39 is 17.7 Å². The molecular formula is C41H37N5O6S. The summed E-state index contributed by atoms with van der Waals surface area (Å²) < 4.78 is 12.3. The van der Waals surface area contributed by atoms with Gasteiger partial charge in [-0.25, -0.2) is 24.4 Å². The summed E-state index contributed by atoms with van der Waals surface area (Å²) >= 11 is 1.42. The summed E-state index contributed by atoms with van der Waals surface area (Å²) in [5.74, 6) is -0.619. The van der Waals surface area contributed by atoms with Crippen LogP contribution in [0, 0.1) is 0 Å². The monoisotopic (exact) mass is 727 g/mol. The number of carboxylic acids is 1.